The molecular weight excluding hydrogens is 397 g/mol. The molecule has 4 rings (SSSR count). The van der Waals surface area contributed by atoms with E-state index in [0.29, 0.717) is 34.0 Å². The number of likely N-dealkylation sites (tertiary alicyclic amines) is 1. The van der Waals surface area contributed by atoms with Gasteiger partial charge in [-0.05, 0) is 61.6 Å². The van der Waals surface area contributed by atoms with Crippen LogP contribution in [0.5, 0.6) is 0 Å². The van der Waals surface area contributed by atoms with Crippen LogP contribution in [0.4, 0.5) is 0 Å². The van der Waals surface area contributed by atoms with Crippen molar-refractivity contribution < 1.29 is 4.79 Å². The number of carbonyl (C=O) groups excluding carboxylic acids is 1. The minimum atomic E-state index is -0.519. The quantitative estimate of drug-likeness (QED) is 0.689. The van der Waals surface area contributed by atoms with E-state index >= 15 is 0 Å². The topological polar surface area (TPSA) is 66.1 Å². The lowest BCUT2D eigenvalue weighted by atomic mass is 10.0. The summed E-state index contributed by atoms with van der Waals surface area (Å²) in [5, 5.41) is 1.09. The van der Waals surface area contributed by atoms with Gasteiger partial charge in [0, 0.05) is 17.6 Å². The molecule has 1 saturated heterocycles. The van der Waals surface area contributed by atoms with E-state index in [1.165, 1.54) is 0 Å². The van der Waals surface area contributed by atoms with Crippen LogP contribution < -0.4 is 5.56 Å². The Labute approximate surface area is 172 Å². The van der Waals surface area contributed by atoms with E-state index in [0.717, 1.165) is 24.0 Å². The lowest BCUT2D eigenvalue weighted by molar-refractivity contribution is 0.0729. The van der Waals surface area contributed by atoms with Gasteiger partial charge in [-0.1, -0.05) is 35.3 Å². The molecule has 0 spiro atoms. The molecule has 1 atom stereocenters. The highest BCUT2D eigenvalue weighted by atomic mass is 35.5. The van der Waals surface area contributed by atoms with Crippen molar-refractivity contribution in [2.24, 2.45) is 0 Å². The highest BCUT2D eigenvalue weighted by molar-refractivity contribution is 6.34. The fourth-order valence-electron chi connectivity index (χ4n) is 3.87. The Hall–Kier alpha value is -2.37. The molecule has 144 valence electrons. The third-order valence-corrected chi connectivity index (χ3v) is 5.62. The molecule has 0 aliphatic carbocycles. The first-order chi connectivity index (χ1) is 13.4. The lowest BCUT2D eigenvalue weighted by Gasteiger charge is -2.24. The van der Waals surface area contributed by atoms with Crippen LogP contribution in [0.3, 0.4) is 0 Å². The number of nitrogens with one attached hydrogen (secondary N) is 1. The Morgan fingerprint density at radius 3 is 2.89 bits per heavy atom. The summed E-state index contributed by atoms with van der Waals surface area (Å²) in [6.45, 7) is 2.61. The number of H-pyrrole nitrogens is 1. The number of para-hydroxylation sites is 1. The Morgan fingerprint density at radius 2 is 2.11 bits per heavy atom. The van der Waals surface area contributed by atoms with E-state index in [2.05, 4.69) is 16.0 Å². The maximum Gasteiger partial charge on any atom is 0.280 e. The molecule has 1 unspecified atom stereocenters. The Morgan fingerprint density at radius 1 is 1.29 bits per heavy atom. The molecule has 0 saturated carbocycles. The van der Waals surface area contributed by atoms with Crippen molar-refractivity contribution in [1.82, 2.24) is 14.9 Å². The molecule has 7 heteroatoms. The number of halogens is 2. The predicted molar refractivity (Wildman–Crippen MR) is 111 cm³/mol. The van der Waals surface area contributed by atoms with E-state index in [9.17, 15) is 9.59 Å². The zero-order valence-electron chi connectivity index (χ0n) is 15.3. The van der Waals surface area contributed by atoms with Crippen molar-refractivity contribution in [3.8, 4) is 0 Å². The first-order valence-electron chi connectivity index (χ1n) is 9.18. The maximum atomic E-state index is 13.1. The standard InChI is InChI=1S/C21H19Cl2N3O2/c1-12-8-13(10-14(22)9-12)11-15-4-3-7-26(15)21(28)19-20(27)25-18-16(23)5-2-6-17(18)24-19/h2,5-6,8-10,15H,3-4,7,11H2,1H3,(H,25,27). The summed E-state index contributed by atoms with van der Waals surface area (Å²) in [5.74, 6) is -0.343. The average molecular weight is 416 g/mol. The summed E-state index contributed by atoms with van der Waals surface area (Å²) < 4.78 is 0. The summed E-state index contributed by atoms with van der Waals surface area (Å²) >= 11 is 12.3. The van der Waals surface area contributed by atoms with E-state index in [1.807, 2.05) is 19.1 Å². The largest absolute Gasteiger partial charge is 0.334 e. The molecule has 5 nitrogen and oxygen atoms in total. The van der Waals surface area contributed by atoms with Crippen molar-refractivity contribution in [2.45, 2.75) is 32.2 Å². The number of aryl methyl sites for hydroxylation is 1. The van der Waals surface area contributed by atoms with Gasteiger partial charge in [0.05, 0.1) is 16.1 Å². The van der Waals surface area contributed by atoms with Crippen LogP contribution in [0.2, 0.25) is 10.0 Å². The van der Waals surface area contributed by atoms with Crippen LogP contribution in [0, 0.1) is 6.92 Å². The number of hydrogen-bond acceptors (Lipinski definition) is 3. The number of benzene rings is 2. The normalized spacial score (nSPS) is 16.7. The minimum Gasteiger partial charge on any atom is -0.334 e. The molecule has 1 aliphatic rings. The molecule has 2 aromatic carbocycles. The Balaban J connectivity index is 1.64. The fourth-order valence-corrected chi connectivity index (χ4v) is 4.40. The van der Waals surface area contributed by atoms with E-state index < -0.39 is 5.56 Å². The Kier molecular flexibility index (Phi) is 5.13. The number of amides is 1. The van der Waals surface area contributed by atoms with Crippen molar-refractivity contribution in [3.63, 3.8) is 0 Å². The average Bonchev–Trinajstić information content (AvgIpc) is 3.08. The first-order valence-corrected chi connectivity index (χ1v) is 9.93. The van der Waals surface area contributed by atoms with Crippen LogP contribution >= 0.6 is 23.2 Å². The second kappa shape index (κ2) is 7.57. The number of aromatic nitrogens is 2. The second-order valence-electron chi connectivity index (χ2n) is 7.18. The zero-order valence-corrected chi connectivity index (χ0v) is 16.8. The van der Waals surface area contributed by atoms with Crippen molar-refractivity contribution in [3.05, 3.63) is 73.6 Å². The van der Waals surface area contributed by atoms with Crippen molar-refractivity contribution in [1.29, 1.82) is 0 Å². The van der Waals surface area contributed by atoms with Gasteiger partial charge < -0.3 is 9.88 Å². The van der Waals surface area contributed by atoms with Gasteiger partial charge in [-0.15, -0.1) is 0 Å². The van der Waals surface area contributed by atoms with E-state index in [-0.39, 0.29) is 17.6 Å². The van der Waals surface area contributed by atoms with Gasteiger partial charge in [-0.25, -0.2) is 4.98 Å². The first kappa shape index (κ1) is 19.0. The van der Waals surface area contributed by atoms with Crippen LogP contribution in [0.25, 0.3) is 11.0 Å². The van der Waals surface area contributed by atoms with Crippen LogP contribution in [0.15, 0.2) is 41.2 Å². The number of hydrogen-bond donors (Lipinski definition) is 1. The summed E-state index contributed by atoms with van der Waals surface area (Å²) in [5.41, 5.74) is 2.50. The summed E-state index contributed by atoms with van der Waals surface area (Å²) in [6.07, 6.45) is 2.48. The van der Waals surface area contributed by atoms with Gasteiger partial charge in [0.2, 0.25) is 0 Å². The molecule has 28 heavy (non-hydrogen) atoms. The number of rotatable bonds is 3. The molecule has 1 aromatic heterocycles. The summed E-state index contributed by atoms with van der Waals surface area (Å²) in [7, 11) is 0. The summed E-state index contributed by atoms with van der Waals surface area (Å²) in [6, 6.07) is 11.1. The second-order valence-corrected chi connectivity index (χ2v) is 8.03. The van der Waals surface area contributed by atoms with E-state index in [1.54, 1.807) is 23.1 Å². The number of carbonyl (C=O) groups is 1. The van der Waals surface area contributed by atoms with Crippen LogP contribution in [-0.4, -0.2) is 33.4 Å². The van der Waals surface area contributed by atoms with Gasteiger partial charge in [0.1, 0.15) is 0 Å². The highest BCUT2D eigenvalue weighted by Gasteiger charge is 2.32. The fraction of sp³-hybridized carbons (Fsp3) is 0.286. The number of nitrogens with zero attached hydrogens (tertiary/aromatic N) is 2. The van der Waals surface area contributed by atoms with Gasteiger partial charge >= 0.3 is 0 Å². The molecular formula is C21H19Cl2N3O2. The monoisotopic (exact) mass is 415 g/mol. The van der Waals surface area contributed by atoms with E-state index in [4.69, 9.17) is 23.2 Å². The predicted octanol–water partition coefficient (Wildman–Crippen LogP) is 4.39. The number of aromatic amines is 1. The highest BCUT2D eigenvalue weighted by Crippen LogP contribution is 2.25. The molecule has 3 aromatic rings. The van der Waals surface area contributed by atoms with Gasteiger partial charge in [0.15, 0.2) is 5.69 Å². The van der Waals surface area contributed by atoms with Gasteiger partial charge in [-0.2, -0.15) is 0 Å². The van der Waals surface area contributed by atoms with Crippen LogP contribution in [0.1, 0.15) is 34.5 Å². The van der Waals surface area contributed by atoms with Gasteiger partial charge in [-0.3, -0.25) is 9.59 Å². The lowest BCUT2D eigenvalue weighted by Crippen LogP contribution is -2.40. The zero-order chi connectivity index (χ0) is 19.8. The van der Waals surface area contributed by atoms with Crippen molar-refractivity contribution >= 4 is 40.1 Å². The summed E-state index contributed by atoms with van der Waals surface area (Å²) in [4.78, 5) is 34.4. The molecule has 0 bridgehead atoms. The van der Waals surface area contributed by atoms with Gasteiger partial charge in [0.25, 0.3) is 11.5 Å². The molecule has 0 radical (unpaired) electrons. The van der Waals surface area contributed by atoms with Crippen molar-refractivity contribution in [2.75, 3.05) is 6.54 Å². The molecule has 2 heterocycles. The third-order valence-electron chi connectivity index (χ3n) is 5.09. The molecule has 1 fully saturated rings. The molecule has 1 N–H and O–H groups in total. The van der Waals surface area contributed by atoms with Crippen LogP contribution in [-0.2, 0) is 6.42 Å². The Bertz CT molecular complexity index is 1110. The third kappa shape index (κ3) is 3.64. The molecule has 1 aliphatic heterocycles. The molecule has 1 amide bonds. The number of fused-ring (bicyclic) bond motifs is 1. The smallest absolute Gasteiger partial charge is 0.280 e. The minimum absolute atomic E-state index is 0.0154. The maximum absolute atomic E-state index is 13.1. The SMILES string of the molecule is Cc1cc(Cl)cc(CC2CCCN2C(=O)c2nc3cccc(Cl)c3[nH]c2=O)c1.